The standard InChI is InChI=1S/C9H13F2NOS/c1-2-6-3-4-7(14-6)8(12)9(10,11)5-13/h3-4,8,13H,2,5,12H2,1H3/t8-/m0/s1. The molecule has 1 aromatic rings. The quantitative estimate of drug-likeness (QED) is 0.816. The molecule has 2 nitrogen and oxygen atoms in total. The second-order valence-electron chi connectivity index (χ2n) is 3.05. The van der Waals surface area contributed by atoms with Crippen molar-refractivity contribution in [1.82, 2.24) is 0 Å². The highest BCUT2D eigenvalue weighted by molar-refractivity contribution is 7.12. The van der Waals surface area contributed by atoms with E-state index in [1.807, 2.05) is 6.92 Å². The minimum Gasteiger partial charge on any atom is -0.390 e. The van der Waals surface area contributed by atoms with E-state index in [1.165, 1.54) is 11.3 Å². The fourth-order valence-corrected chi connectivity index (χ4v) is 2.08. The summed E-state index contributed by atoms with van der Waals surface area (Å²) in [4.78, 5) is 1.44. The predicted molar refractivity (Wildman–Crippen MR) is 52.7 cm³/mol. The summed E-state index contributed by atoms with van der Waals surface area (Å²) >= 11 is 1.27. The number of hydrogen-bond acceptors (Lipinski definition) is 3. The number of halogens is 2. The highest BCUT2D eigenvalue weighted by Crippen LogP contribution is 2.32. The van der Waals surface area contributed by atoms with Gasteiger partial charge in [0.2, 0.25) is 0 Å². The molecule has 1 rings (SSSR count). The zero-order chi connectivity index (χ0) is 10.8. The van der Waals surface area contributed by atoms with Crippen molar-refractivity contribution < 1.29 is 13.9 Å². The van der Waals surface area contributed by atoms with Crippen LogP contribution in [0.25, 0.3) is 0 Å². The average Bonchev–Trinajstić information content (AvgIpc) is 2.64. The number of alkyl halides is 2. The lowest BCUT2D eigenvalue weighted by molar-refractivity contribution is -0.0703. The molecule has 1 aromatic heterocycles. The van der Waals surface area contributed by atoms with Gasteiger partial charge in [-0.15, -0.1) is 11.3 Å². The van der Waals surface area contributed by atoms with Crippen molar-refractivity contribution in [2.75, 3.05) is 6.61 Å². The van der Waals surface area contributed by atoms with Gasteiger partial charge < -0.3 is 10.8 Å². The van der Waals surface area contributed by atoms with Gasteiger partial charge in [-0.05, 0) is 18.6 Å². The van der Waals surface area contributed by atoms with E-state index in [4.69, 9.17) is 10.8 Å². The molecule has 1 heterocycles. The van der Waals surface area contributed by atoms with Crippen molar-refractivity contribution in [3.63, 3.8) is 0 Å². The molecule has 0 radical (unpaired) electrons. The Morgan fingerprint density at radius 2 is 2.21 bits per heavy atom. The monoisotopic (exact) mass is 221 g/mol. The zero-order valence-corrected chi connectivity index (χ0v) is 8.65. The van der Waals surface area contributed by atoms with E-state index >= 15 is 0 Å². The molecule has 0 fully saturated rings. The Hall–Kier alpha value is -0.520. The molecule has 0 saturated heterocycles. The van der Waals surface area contributed by atoms with Crippen molar-refractivity contribution in [1.29, 1.82) is 0 Å². The van der Waals surface area contributed by atoms with Crippen LogP contribution in [0, 0.1) is 0 Å². The smallest absolute Gasteiger partial charge is 0.290 e. The van der Waals surface area contributed by atoms with E-state index in [2.05, 4.69) is 0 Å². The van der Waals surface area contributed by atoms with E-state index in [0.717, 1.165) is 11.3 Å². The molecule has 0 bridgehead atoms. The molecule has 0 aliphatic heterocycles. The average molecular weight is 221 g/mol. The Bertz CT molecular complexity index is 301. The first kappa shape index (κ1) is 11.6. The molecule has 1 atom stereocenters. The van der Waals surface area contributed by atoms with E-state index in [-0.39, 0.29) is 0 Å². The molecule has 0 aromatic carbocycles. The molecule has 3 N–H and O–H groups in total. The number of aliphatic hydroxyl groups excluding tert-OH is 1. The number of aryl methyl sites for hydroxylation is 1. The number of hydrogen-bond donors (Lipinski definition) is 2. The van der Waals surface area contributed by atoms with Gasteiger partial charge in [-0.3, -0.25) is 0 Å². The van der Waals surface area contributed by atoms with Crippen LogP contribution in [0.3, 0.4) is 0 Å². The summed E-state index contributed by atoms with van der Waals surface area (Å²) in [5, 5.41) is 8.46. The maximum absolute atomic E-state index is 13.0. The predicted octanol–water partition coefficient (Wildman–Crippen LogP) is 1.94. The van der Waals surface area contributed by atoms with Gasteiger partial charge >= 0.3 is 0 Å². The van der Waals surface area contributed by atoms with Crippen LogP contribution in [-0.2, 0) is 6.42 Å². The summed E-state index contributed by atoms with van der Waals surface area (Å²) < 4.78 is 26.0. The summed E-state index contributed by atoms with van der Waals surface area (Å²) in [7, 11) is 0. The SMILES string of the molecule is CCc1ccc([C@H](N)C(F)(F)CO)s1. The van der Waals surface area contributed by atoms with Crippen LogP contribution in [0.15, 0.2) is 12.1 Å². The fraction of sp³-hybridized carbons (Fsp3) is 0.556. The van der Waals surface area contributed by atoms with Crippen LogP contribution < -0.4 is 5.73 Å². The lowest BCUT2D eigenvalue weighted by Crippen LogP contribution is -2.35. The molecule has 0 saturated carbocycles. The topological polar surface area (TPSA) is 46.2 Å². The molecule has 80 valence electrons. The van der Waals surface area contributed by atoms with Crippen LogP contribution in [0.2, 0.25) is 0 Å². The van der Waals surface area contributed by atoms with Crippen LogP contribution in [0.4, 0.5) is 8.78 Å². The zero-order valence-electron chi connectivity index (χ0n) is 7.84. The van der Waals surface area contributed by atoms with E-state index < -0.39 is 18.6 Å². The van der Waals surface area contributed by atoms with Crippen molar-refractivity contribution in [3.05, 3.63) is 21.9 Å². The lowest BCUT2D eigenvalue weighted by atomic mass is 10.1. The van der Waals surface area contributed by atoms with Gasteiger partial charge in [-0.2, -0.15) is 0 Å². The molecule has 14 heavy (non-hydrogen) atoms. The first-order valence-corrected chi connectivity index (χ1v) is 5.15. The second kappa shape index (κ2) is 4.33. The molecular weight excluding hydrogens is 208 g/mol. The molecule has 0 spiro atoms. The first-order valence-electron chi connectivity index (χ1n) is 4.34. The summed E-state index contributed by atoms with van der Waals surface area (Å²) in [6.07, 6.45) is 0.808. The Morgan fingerprint density at radius 3 is 2.64 bits per heavy atom. The van der Waals surface area contributed by atoms with Crippen LogP contribution >= 0.6 is 11.3 Å². The minimum atomic E-state index is -3.24. The highest BCUT2D eigenvalue weighted by atomic mass is 32.1. The third-order valence-electron chi connectivity index (χ3n) is 2.00. The molecule has 0 aliphatic rings. The van der Waals surface area contributed by atoms with E-state index in [9.17, 15) is 8.78 Å². The van der Waals surface area contributed by atoms with Crippen molar-refractivity contribution in [2.24, 2.45) is 5.73 Å². The first-order chi connectivity index (χ1) is 6.51. The largest absolute Gasteiger partial charge is 0.390 e. The summed E-state index contributed by atoms with van der Waals surface area (Å²) in [5.74, 6) is -3.24. The van der Waals surface area contributed by atoms with Crippen molar-refractivity contribution >= 4 is 11.3 Å². The number of thiophene rings is 1. The van der Waals surface area contributed by atoms with Gasteiger partial charge in [-0.1, -0.05) is 6.92 Å². The van der Waals surface area contributed by atoms with Gasteiger partial charge in [-0.25, -0.2) is 8.78 Å². The number of nitrogens with two attached hydrogens (primary N) is 1. The lowest BCUT2D eigenvalue weighted by Gasteiger charge is -2.19. The van der Waals surface area contributed by atoms with Crippen LogP contribution in [0.1, 0.15) is 22.7 Å². The molecule has 5 heteroatoms. The third-order valence-corrected chi connectivity index (χ3v) is 3.32. The van der Waals surface area contributed by atoms with E-state index in [1.54, 1.807) is 12.1 Å². The molecular formula is C9H13F2NOS. The number of rotatable bonds is 4. The van der Waals surface area contributed by atoms with Gasteiger partial charge in [0.1, 0.15) is 12.6 Å². The minimum absolute atomic E-state index is 0.418. The summed E-state index contributed by atoms with van der Waals surface area (Å²) in [6, 6.07) is 1.98. The van der Waals surface area contributed by atoms with Crippen LogP contribution in [0.5, 0.6) is 0 Å². The molecule has 0 amide bonds. The maximum Gasteiger partial charge on any atom is 0.290 e. The number of aliphatic hydroxyl groups is 1. The summed E-state index contributed by atoms with van der Waals surface area (Å²) in [6.45, 7) is 0.735. The second-order valence-corrected chi connectivity index (χ2v) is 4.25. The Balaban J connectivity index is 2.83. The van der Waals surface area contributed by atoms with Gasteiger partial charge in [0, 0.05) is 9.75 Å². The third kappa shape index (κ3) is 2.29. The maximum atomic E-state index is 13.0. The molecule has 0 unspecified atom stereocenters. The van der Waals surface area contributed by atoms with Crippen LogP contribution in [-0.4, -0.2) is 17.6 Å². The van der Waals surface area contributed by atoms with Crippen molar-refractivity contribution in [3.8, 4) is 0 Å². The Labute approximate surface area is 85.4 Å². The highest BCUT2D eigenvalue weighted by Gasteiger charge is 2.38. The fourth-order valence-electron chi connectivity index (χ4n) is 1.06. The van der Waals surface area contributed by atoms with Crippen molar-refractivity contribution in [2.45, 2.75) is 25.3 Å². The normalized spacial score (nSPS) is 14.4. The van der Waals surface area contributed by atoms with Gasteiger partial charge in [0.15, 0.2) is 0 Å². The Kier molecular flexibility index (Phi) is 3.58. The Morgan fingerprint density at radius 1 is 1.57 bits per heavy atom. The summed E-state index contributed by atoms with van der Waals surface area (Å²) in [5.41, 5.74) is 5.35. The van der Waals surface area contributed by atoms with E-state index in [0.29, 0.717) is 4.88 Å². The van der Waals surface area contributed by atoms with Gasteiger partial charge in [0.25, 0.3) is 5.92 Å². The van der Waals surface area contributed by atoms with Gasteiger partial charge in [0.05, 0.1) is 0 Å². The molecule has 0 aliphatic carbocycles.